The van der Waals surface area contributed by atoms with E-state index < -0.39 is 10.2 Å². The molecular weight excluding hydrogens is 320 g/mol. The lowest BCUT2D eigenvalue weighted by atomic mass is 10.0. The van der Waals surface area contributed by atoms with Crippen LogP contribution in [0.1, 0.15) is 110 Å². The van der Waals surface area contributed by atoms with Crippen LogP contribution in [-0.2, 0) is 10.2 Å². The molecule has 5 heteroatoms. The van der Waals surface area contributed by atoms with Crippen molar-refractivity contribution in [1.82, 2.24) is 4.31 Å². The highest BCUT2D eigenvalue weighted by Crippen LogP contribution is 2.13. The Hall–Kier alpha value is -0.130. The Kier molecular flexibility index (Phi) is 16.3. The van der Waals surface area contributed by atoms with Gasteiger partial charge in [0.2, 0.25) is 0 Å². The summed E-state index contributed by atoms with van der Waals surface area (Å²) in [6.45, 7) is 2.81. The molecule has 0 bridgehead atoms. The van der Waals surface area contributed by atoms with Gasteiger partial charge in [0.15, 0.2) is 0 Å². The van der Waals surface area contributed by atoms with E-state index in [-0.39, 0.29) is 0 Å². The molecule has 0 aliphatic rings. The number of hydrogen-bond acceptors (Lipinski definition) is 2. The molecule has 0 aliphatic carbocycles. The standard InChI is InChI=1S/C19H42N2O2S/c1-3-4-5-6-7-8-9-10-11-12-13-14-15-16-17-18-19-21(2)24(20,22)23/h3-19H2,1-2H3,(H2,20,22,23). The molecule has 24 heavy (non-hydrogen) atoms. The van der Waals surface area contributed by atoms with Crippen molar-refractivity contribution in [2.24, 2.45) is 5.14 Å². The van der Waals surface area contributed by atoms with E-state index in [9.17, 15) is 8.42 Å². The van der Waals surface area contributed by atoms with Crippen molar-refractivity contribution in [2.75, 3.05) is 13.6 Å². The lowest BCUT2D eigenvalue weighted by Crippen LogP contribution is -2.33. The maximum Gasteiger partial charge on any atom is 0.276 e. The average Bonchev–Trinajstić information content (AvgIpc) is 2.53. The van der Waals surface area contributed by atoms with Crippen LogP contribution < -0.4 is 5.14 Å². The van der Waals surface area contributed by atoms with E-state index in [0.29, 0.717) is 6.54 Å². The highest BCUT2D eigenvalue weighted by molar-refractivity contribution is 7.86. The van der Waals surface area contributed by atoms with E-state index in [0.717, 1.165) is 12.8 Å². The summed E-state index contributed by atoms with van der Waals surface area (Å²) < 4.78 is 23.3. The van der Waals surface area contributed by atoms with E-state index in [1.54, 1.807) is 7.05 Å². The van der Waals surface area contributed by atoms with Crippen molar-refractivity contribution in [2.45, 2.75) is 110 Å². The summed E-state index contributed by atoms with van der Waals surface area (Å²) >= 11 is 0. The number of unbranched alkanes of at least 4 members (excludes halogenated alkanes) is 15. The molecular formula is C19H42N2O2S. The third-order valence-electron chi connectivity index (χ3n) is 4.76. The molecule has 0 spiro atoms. The van der Waals surface area contributed by atoms with E-state index in [2.05, 4.69) is 6.92 Å². The first-order chi connectivity index (χ1) is 11.5. The molecule has 4 nitrogen and oxygen atoms in total. The molecule has 0 saturated heterocycles. The van der Waals surface area contributed by atoms with Crippen LogP contribution in [0.5, 0.6) is 0 Å². The van der Waals surface area contributed by atoms with Crippen molar-refractivity contribution >= 4 is 10.2 Å². The van der Waals surface area contributed by atoms with E-state index in [1.807, 2.05) is 0 Å². The first kappa shape index (κ1) is 23.9. The van der Waals surface area contributed by atoms with Gasteiger partial charge in [-0.25, -0.2) is 5.14 Å². The lowest BCUT2D eigenvalue weighted by Gasteiger charge is -2.12. The quantitative estimate of drug-likeness (QED) is 0.333. The summed E-state index contributed by atoms with van der Waals surface area (Å²) in [6, 6.07) is 0. The Morgan fingerprint density at radius 3 is 1.21 bits per heavy atom. The van der Waals surface area contributed by atoms with Gasteiger partial charge in [-0.3, -0.25) is 0 Å². The molecule has 0 unspecified atom stereocenters. The van der Waals surface area contributed by atoms with Gasteiger partial charge in [-0.1, -0.05) is 103 Å². The third-order valence-corrected chi connectivity index (χ3v) is 5.81. The van der Waals surface area contributed by atoms with Crippen LogP contribution in [0.15, 0.2) is 0 Å². The van der Waals surface area contributed by atoms with Crippen LogP contribution in [-0.4, -0.2) is 26.3 Å². The largest absolute Gasteiger partial charge is 0.276 e. The topological polar surface area (TPSA) is 63.4 Å². The highest BCUT2D eigenvalue weighted by atomic mass is 32.2. The van der Waals surface area contributed by atoms with Gasteiger partial charge in [0.05, 0.1) is 0 Å². The van der Waals surface area contributed by atoms with Crippen LogP contribution in [0.3, 0.4) is 0 Å². The summed E-state index contributed by atoms with van der Waals surface area (Å²) in [7, 11) is -1.95. The molecule has 0 aromatic heterocycles. The molecule has 0 rings (SSSR count). The molecule has 0 amide bonds. The van der Waals surface area contributed by atoms with Gasteiger partial charge in [0.25, 0.3) is 10.2 Å². The molecule has 0 heterocycles. The van der Waals surface area contributed by atoms with Gasteiger partial charge >= 0.3 is 0 Å². The summed E-state index contributed by atoms with van der Waals surface area (Å²) in [5.41, 5.74) is 0. The first-order valence-corrected chi connectivity index (χ1v) is 11.7. The van der Waals surface area contributed by atoms with E-state index in [1.165, 1.54) is 94.2 Å². The van der Waals surface area contributed by atoms with Crippen molar-refractivity contribution in [3.63, 3.8) is 0 Å². The minimum Gasteiger partial charge on any atom is -0.216 e. The van der Waals surface area contributed by atoms with Crippen molar-refractivity contribution in [1.29, 1.82) is 0 Å². The number of nitrogens with two attached hydrogens (primary N) is 1. The third kappa shape index (κ3) is 16.7. The Bertz CT molecular complexity index is 358. The molecule has 0 fully saturated rings. The van der Waals surface area contributed by atoms with Crippen LogP contribution in [0.2, 0.25) is 0 Å². The molecule has 0 saturated carbocycles. The average molecular weight is 363 g/mol. The van der Waals surface area contributed by atoms with E-state index >= 15 is 0 Å². The predicted molar refractivity (Wildman–Crippen MR) is 105 cm³/mol. The first-order valence-electron chi connectivity index (χ1n) is 10.2. The summed E-state index contributed by atoms with van der Waals surface area (Å²) in [5, 5.41) is 5.04. The lowest BCUT2D eigenvalue weighted by molar-refractivity contribution is 0.448. The fourth-order valence-corrected chi connectivity index (χ4v) is 3.39. The van der Waals surface area contributed by atoms with Gasteiger partial charge in [-0.15, -0.1) is 0 Å². The predicted octanol–water partition coefficient (Wildman–Crippen LogP) is 5.38. The monoisotopic (exact) mass is 362 g/mol. The van der Waals surface area contributed by atoms with Crippen molar-refractivity contribution in [3.05, 3.63) is 0 Å². The van der Waals surface area contributed by atoms with Gasteiger partial charge in [0, 0.05) is 13.6 Å². The normalized spacial score (nSPS) is 12.2. The minimum atomic E-state index is -3.49. The van der Waals surface area contributed by atoms with Gasteiger partial charge in [-0.2, -0.15) is 12.7 Å². The van der Waals surface area contributed by atoms with Crippen LogP contribution >= 0.6 is 0 Å². The van der Waals surface area contributed by atoms with Crippen LogP contribution in [0, 0.1) is 0 Å². The molecule has 0 aromatic carbocycles. The molecule has 2 N–H and O–H groups in total. The maximum absolute atomic E-state index is 11.0. The molecule has 0 radical (unpaired) electrons. The zero-order valence-electron chi connectivity index (χ0n) is 16.3. The minimum absolute atomic E-state index is 0.539. The van der Waals surface area contributed by atoms with Gasteiger partial charge in [0.1, 0.15) is 0 Å². The zero-order chi connectivity index (χ0) is 18.1. The Labute approximate surface area is 151 Å². The Morgan fingerprint density at radius 2 is 0.917 bits per heavy atom. The molecule has 146 valence electrons. The molecule has 0 atom stereocenters. The Morgan fingerprint density at radius 1 is 0.625 bits per heavy atom. The fraction of sp³-hybridized carbons (Fsp3) is 1.00. The fourth-order valence-electron chi connectivity index (χ4n) is 3.01. The summed E-state index contributed by atoms with van der Waals surface area (Å²) in [6.07, 6.45) is 21.2. The molecule has 0 aliphatic heterocycles. The number of hydrogen-bond donors (Lipinski definition) is 1. The summed E-state index contributed by atoms with van der Waals surface area (Å²) in [5.74, 6) is 0. The Balaban J connectivity index is 3.13. The maximum atomic E-state index is 11.0. The molecule has 0 aromatic rings. The van der Waals surface area contributed by atoms with E-state index in [4.69, 9.17) is 5.14 Å². The van der Waals surface area contributed by atoms with Crippen LogP contribution in [0.25, 0.3) is 0 Å². The second-order valence-corrected chi connectivity index (χ2v) is 8.82. The highest BCUT2D eigenvalue weighted by Gasteiger charge is 2.09. The second-order valence-electron chi connectivity index (χ2n) is 7.17. The van der Waals surface area contributed by atoms with Crippen molar-refractivity contribution in [3.8, 4) is 0 Å². The SMILES string of the molecule is CCCCCCCCCCCCCCCCCCN(C)S(N)(=O)=O. The smallest absolute Gasteiger partial charge is 0.216 e. The van der Waals surface area contributed by atoms with Crippen molar-refractivity contribution < 1.29 is 8.42 Å². The number of nitrogens with zero attached hydrogens (tertiary/aromatic N) is 1. The van der Waals surface area contributed by atoms with Gasteiger partial charge < -0.3 is 0 Å². The zero-order valence-corrected chi connectivity index (χ0v) is 17.1. The van der Waals surface area contributed by atoms with Gasteiger partial charge in [-0.05, 0) is 6.42 Å². The number of rotatable bonds is 18. The second kappa shape index (κ2) is 16.3. The van der Waals surface area contributed by atoms with Crippen LogP contribution in [0.4, 0.5) is 0 Å². The summed E-state index contributed by atoms with van der Waals surface area (Å²) in [4.78, 5) is 0.